The highest BCUT2D eigenvalue weighted by Crippen LogP contribution is 2.48. The van der Waals surface area contributed by atoms with Crippen LogP contribution in [0.5, 0.6) is 11.5 Å². The van der Waals surface area contributed by atoms with Crippen molar-refractivity contribution in [3.63, 3.8) is 0 Å². The molecule has 0 radical (unpaired) electrons. The molecule has 8 rings (SSSR count). The molecule has 0 unspecified atom stereocenters. The number of benzene rings is 2. The standard InChI is InChI=1S/C33H42ClF2N3O4S2.C31H38ClF2N3O4S2/c1-10-43-30(41)33(35,36)27-18(2)44-23(37-27)17-24(40)39-13-11-19(12-14-39)29-38-25(28(34)45-29)20-15-21(31(3,4)5)26(42-9)22(16-20)32(6,7)8;1-16-25(31(33,34)28(39)40)35-21(42-16)15-22(38)37-11-9-17(10-12-37)27-36-23(26(32)43-27)18-13-19(29(2,3)4)24(41-8)20(14-18)30(5,6)7/h15-16,19H,10-14,17H2,1-9H3;13-14,17H,9-12,15H2,1-8H3,(H,39,40). The van der Waals surface area contributed by atoms with Crippen molar-refractivity contribution in [2.45, 2.75) is 188 Å². The molecule has 2 fully saturated rings. The van der Waals surface area contributed by atoms with Gasteiger partial charge in [-0.25, -0.2) is 29.5 Å². The Morgan fingerprint density at radius 2 is 0.875 bits per heavy atom. The lowest BCUT2D eigenvalue weighted by molar-refractivity contribution is -0.173. The third kappa shape index (κ3) is 15.5. The number of thiazole rings is 4. The highest BCUT2D eigenvalue weighted by molar-refractivity contribution is 7.17. The average molecular weight is 1340 g/mol. The number of piperidine rings is 2. The molecule has 0 bridgehead atoms. The number of carbonyl (C=O) groups is 4. The number of aromatic nitrogens is 4. The van der Waals surface area contributed by atoms with Crippen molar-refractivity contribution in [2.75, 3.05) is 47.0 Å². The van der Waals surface area contributed by atoms with E-state index in [0.717, 1.165) is 89.0 Å². The molecule has 24 heteroatoms. The van der Waals surface area contributed by atoms with Crippen LogP contribution in [0.1, 0.15) is 191 Å². The number of nitrogens with zero attached hydrogens (tertiary/aromatic N) is 6. The van der Waals surface area contributed by atoms with Gasteiger partial charge in [0.25, 0.3) is 0 Å². The van der Waals surface area contributed by atoms with Crippen molar-refractivity contribution in [1.29, 1.82) is 0 Å². The number of aryl methyl sites for hydroxylation is 2. The third-order valence-electron chi connectivity index (χ3n) is 15.6. The minimum atomic E-state index is -4.09. The Kier molecular flexibility index (Phi) is 21.5. The van der Waals surface area contributed by atoms with Gasteiger partial charge < -0.3 is 29.1 Å². The van der Waals surface area contributed by atoms with E-state index in [0.29, 0.717) is 60.5 Å². The second kappa shape index (κ2) is 26.9. The van der Waals surface area contributed by atoms with E-state index < -0.39 is 35.2 Å². The lowest BCUT2D eigenvalue weighted by Gasteiger charge is -2.31. The number of carboxylic acids is 1. The number of alkyl halides is 4. The summed E-state index contributed by atoms with van der Waals surface area (Å²) in [5, 5.41) is 11.1. The number of hydrogen-bond donors (Lipinski definition) is 1. The molecule has 2 saturated heterocycles. The van der Waals surface area contributed by atoms with E-state index >= 15 is 0 Å². The second-order valence-electron chi connectivity index (χ2n) is 26.4. The first kappa shape index (κ1) is 70.2. The molecule has 480 valence electrons. The first-order valence-electron chi connectivity index (χ1n) is 29.2. The predicted octanol–water partition coefficient (Wildman–Crippen LogP) is 16.4. The van der Waals surface area contributed by atoms with Crippen molar-refractivity contribution >= 4 is 92.3 Å². The molecule has 0 atom stereocenters. The maximum atomic E-state index is 14.6. The number of carbonyl (C=O) groups excluding carboxylic acids is 3. The van der Waals surface area contributed by atoms with Crippen LogP contribution in [0.4, 0.5) is 17.6 Å². The summed E-state index contributed by atoms with van der Waals surface area (Å²) in [5.41, 5.74) is 5.66. The van der Waals surface area contributed by atoms with Gasteiger partial charge in [0.1, 0.15) is 53.0 Å². The van der Waals surface area contributed by atoms with Gasteiger partial charge in [-0.2, -0.15) is 17.6 Å². The molecule has 2 aliphatic heterocycles. The predicted molar refractivity (Wildman–Crippen MR) is 343 cm³/mol. The highest BCUT2D eigenvalue weighted by atomic mass is 35.5. The second-order valence-corrected chi connectivity index (χ2v) is 32.3. The summed E-state index contributed by atoms with van der Waals surface area (Å²) in [6, 6.07) is 8.51. The Morgan fingerprint density at radius 3 is 1.16 bits per heavy atom. The zero-order valence-corrected chi connectivity index (χ0v) is 57.9. The summed E-state index contributed by atoms with van der Waals surface area (Å²) in [4.78, 5) is 70.4. The van der Waals surface area contributed by atoms with E-state index in [4.69, 9.17) is 47.8 Å². The molecular weight excluding hydrogens is 1260 g/mol. The maximum Gasteiger partial charge on any atom is 0.385 e. The fourth-order valence-electron chi connectivity index (χ4n) is 10.8. The van der Waals surface area contributed by atoms with Crippen LogP contribution in [0.25, 0.3) is 22.5 Å². The molecule has 0 spiro atoms. The summed E-state index contributed by atoms with van der Waals surface area (Å²) < 4.78 is 74.7. The van der Waals surface area contributed by atoms with E-state index in [9.17, 15) is 36.7 Å². The topological polar surface area (TPSA) is 174 Å². The monoisotopic (exact) mass is 1330 g/mol. The van der Waals surface area contributed by atoms with Crippen LogP contribution in [0.3, 0.4) is 0 Å². The number of carboxylic acid groups (broad SMARTS) is 1. The molecule has 14 nitrogen and oxygen atoms in total. The average Bonchev–Trinajstić information content (AvgIpc) is 4.19. The van der Waals surface area contributed by atoms with E-state index in [2.05, 4.69) is 122 Å². The third-order valence-corrected chi connectivity index (χ3v) is 20.4. The van der Waals surface area contributed by atoms with Gasteiger partial charge in [-0.15, -0.1) is 45.3 Å². The molecule has 6 aromatic rings. The number of rotatable bonds is 15. The number of halogens is 6. The van der Waals surface area contributed by atoms with Crippen molar-refractivity contribution in [1.82, 2.24) is 29.7 Å². The molecule has 0 saturated carbocycles. The maximum absolute atomic E-state index is 14.6. The summed E-state index contributed by atoms with van der Waals surface area (Å²) in [6.45, 7) is 32.1. The van der Waals surface area contributed by atoms with E-state index in [1.54, 1.807) is 24.0 Å². The number of amides is 2. The van der Waals surface area contributed by atoms with E-state index in [1.165, 1.54) is 43.4 Å². The summed E-state index contributed by atoms with van der Waals surface area (Å²) in [6.07, 6.45) is 2.55. The Hall–Kier alpha value is -5.26. The van der Waals surface area contributed by atoms with Crippen molar-refractivity contribution in [3.8, 4) is 34.0 Å². The van der Waals surface area contributed by atoms with Gasteiger partial charge in [0.05, 0.1) is 43.7 Å². The fraction of sp³-hybridized carbons (Fsp3) is 0.562. The number of methoxy groups -OCH3 is 2. The number of likely N-dealkylation sites (tertiary alicyclic amines) is 2. The molecular formula is C64H80Cl2F4N6O8S4. The molecule has 4 aromatic heterocycles. The lowest BCUT2D eigenvalue weighted by Crippen LogP contribution is -2.38. The van der Waals surface area contributed by atoms with Crippen LogP contribution in [0.15, 0.2) is 24.3 Å². The molecule has 88 heavy (non-hydrogen) atoms. The Labute approximate surface area is 539 Å². The zero-order valence-electron chi connectivity index (χ0n) is 53.1. The van der Waals surface area contributed by atoms with Gasteiger partial charge in [0, 0.05) is 81.1 Å². The first-order valence-corrected chi connectivity index (χ1v) is 33.2. The molecule has 2 aliphatic rings. The van der Waals surface area contributed by atoms with Crippen LogP contribution >= 0.6 is 68.5 Å². The molecule has 6 heterocycles. The van der Waals surface area contributed by atoms with Crippen LogP contribution in [-0.4, -0.2) is 106 Å². The minimum Gasteiger partial charge on any atom is -0.496 e. The van der Waals surface area contributed by atoms with Crippen molar-refractivity contribution in [2.24, 2.45) is 0 Å². The van der Waals surface area contributed by atoms with Crippen molar-refractivity contribution in [3.05, 3.63) is 96.4 Å². The molecule has 2 amide bonds. The Bertz CT molecular complexity index is 3480. The van der Waals surface area contributed by atoms with Crippen molar-refractivity contribution < 1.29 is 56.1 Å². The SMILES string of the molecule is CCOC(=O)C(F)(F)c1nc(CC(=O)N2CCC(c3nc(-c4cc(C(C)(C)C)c(OC)c(C(C)(C)C)c4)c(Cl)s3)CC2)sc1C.COc1c(C(C)(C)C)cc(-c2nc(C3CCN(C(=O)Cc4nc(C(F)(F)C(=O)O)c(C)s4)CC3)sc2Cl)cc1C(C)(C)C. The van der Waals surface area contributed by atoms with Crippen LogP contribution in [0.2, 0.25) is 8.67 Å². The van der Waals surface area contributed by atoms with Gasteiger partial charge in [-0.05, 0) is 92.4 Å². The minimum absolute atomic E-state index is 0.0893. The zero-order chi connectivity index (χ0) is 65.6. The largest absolute Gasteiger partial charge is 0.496 e. The number of hydrogen-bond acceptors (Lipinski definition) is 15. The van der Waals surface area contributed by atoms with E-state index in [-0.39, 0.29) is 84.5 Å². The fourth-order valence-corrected chi connectivity index (χ4v) is 15.5. The highest BCUT2D eigenvalue weighted by Gasteiger charge is 2.47. The summed E-state index contributed by atoms with van der Waals surface area (Å²) >= 11 is 18.5. The normalized spacial score (nSPS) is 15.1. The van der Waals surface area contributed by atoms with Gasteiger partial charge in [-0.3, -0.25) is 9.59 Å². The van der Waals surface area contributed by atoms with Crippen LogP contribution in [0, 0.1) is 13.8 Å². The quantitative estimate of drug-likeness (QED) is 0.0762. The lowest BCUT2D eigenvalue weighted by atomic mass is 9.78. The molecule has 2 aromatic carbocycles. The van der Waals surface area contributed by atoms with E-state index in [1.807, 2.05) is 0 Å². The summed E-state index contributed by atoms with van der Waals surface area (Å²) in [5.74, 6) is -10.2. The van der Waals surface area contributed by atoms with Gasteiger partial charge >= 0.3 is 23.8 Å². The van der Waals surface area contributed by atoms with Gasteiger partial charge in [-0.1, -0.05) is 106 Å². The number of esters is 1. The number of ether oxygens (including phenoxy) is 3. The summed E-state index contributed by atoms with van der Waals surface area (Å²) in [7, 11) is 3.42. The Balaban J connectivity index is 0.000000251. The first-order chi connectivity index (χ1) is 40.7. The smallest absolute Gasteiger partial charge is 0.385 e. The Morgan fingerprint density at radius 1 is 0.557 bits per heavy atom. The molecule has 0 aliphatic carbocycles. The van der Waals surface area contributed by atoms with Crippen LogP contribution in [-0.2, 0) is 70.3 Å². The molecule has 1 N–H and O–H groups in total. The van der Waals surface area contributed by atoms with Gasteiger partial charge in [0.15, 0.2) is 0 Å². The van der Waals surface area contributed by atoms with Crippen LogP contribution < -0.4 is 9.47 Å². The van der Waals surface area contributed by atoms with Gasteiger partial charge in [0.2, 0.25) is 11.8 Å². The number of aliphatic carboxylic acids is 1.